The van der Waals surface area contributed by atoms with Crippen molar-refractivity contribution in [3.05, 3.63) is 113 Å². The molecule has 4 aromatic carbocycles. The molecule has 1 aliphatic rings. The van der Waals surface area contributed by atoms with Crippen molar-refractivity contribution in [2.75, 3.05) is 38.2 Å². The number of aromatic nitrogens is 1. The van der Waals surface area contributed by atoms with E-state index in [2.05, 4.69) is 94.3 Å². The predicted octanol–water partition coefficient (Wildman–Crippen LogP) is 7.59. The Bertz CT molecular complexity index is 1570. The first-order valence-electron chi connectivity index (χ1n) is 13.2. The van der Waals surface area contributed by atoms with Gasteiger partial charge in [0.1, 0.15) is 5.75 Å². The maximum Gasteiger partial charge on any atom is 0.142 e. The van der Waals surface area contributed by atoms with Crippen LogP contribution in [0.3, 0.4) is 0 Å². The molecule has 0 saturated carbocycles. The standard InChI is InChI=1S/C33H32ClN3O/c1-24-6-5-7-30-28(24)14-15-29(26-10-12-27(34)13-11-26)33(30)37-17-16-25(23-37)22-35-18-20-36(21-19-35)31-8-3-4-9-32(31)38-2/h3-17,23H,18-22H2,1-2H3. The molecule has 6 rings (SSSR count). The van der Waals surface area contributed by atoms with E-state index in [0.717, 1.165) is 49.1 Å². The lowest BCUT2D eigenvalue weighted by Crippen LogP contribution is -2.46. The van der Waals surface area contributed by atoms with Crippen LogP contribution in [0.1, 0.15) is 11.1 Å². The summed E-state index contributed by atoms with van der Waals surface area (Å²) in [5, 5.41) is 3.29. The van der Waals surface area contributed by atoms with E-state index in [1.807, 2.05) is 24.3 Å². The summed E-state index contributed by atoms with van der Waals surface area (Å²) in [7, 11) is 1.75. The summed E-state index contributed by atoms with van der Waals surface area (Å²) in [6.07, 6.45) is 4.50. The van der Waals surface area contributed by atoms with Gasteiger partial charge in [-0.1, -0.05) is 66.2 Å². The molecule has 0 unspecified atom stereocenters. The molecule has 4 nitrogen and oxygen atoms in total. The zero-order valence-corrected chi connectivity index (χ0v) is 22.7. The highest BCUT2D eigenvalue weighted by atomic mass is 35.5. The number of piperazine rings is 1. The molecule has 1 fully saturated rings. The third-order valence-corrected chi connectivity index (χ3v) is 7.87. The second kappa shape index (κ2) is 10.6. The van der Waals surface area contributed by atoms with Crippen molar-refractivity contribution in [2.24, 2.45) is 0 Å². The van der Waals surface area contributed by atoms with Gasteiger partial charge in [-0.15, -0.1) is 0 Å². The summed E-state index contributed by atoms with van der Waals surface area (Å²) < 4.78 is 7.88. The minimum absolute atomic E-state index is 0.751. The summed E-state index contributed by atoms with van der Waals surface area (Å²) in [6, 6.07) is 29.7. The Hall–Kier alpha value is -3.73. The van der Waals surface area contributed by atoms with Crippen molar-refractivity contribution in [3.8, 4) is 22.6 Å². The number of rotatable bonds is 6. The molecule has 0 N–H and O–H groups in total. The van der Waals surface area contributed by atoms with Gasteiger partial charge in [-0.2, -0.15) is 0 Å². The smallest absolute Gasteiger partial charge is 0.142 e. The van der Waals surface area contributed by atoms with Gasteiger partial charge in [0, 0.05) is 61.1 Å². The van der Waals surface area contributed by atoms with Crippen molar-refractivity contribution in [1.82, 2.24) is 9.47 Å². The van der Waals surface area contributed by atoms with E-state index in [-0.39, 0.29) is 0 Å². The van der Waals surface area contributed by atoms with Crippen molar-refractivity contribution >= 4 is 28.1 Å². The molecule has 0 bridgehead atoms. The quantitative estimate of drug-likeness (QED) is 0.229. The monoisotopic (exact) mass is 521 g/mol. The summed E-state index contributed by atoms with van der Waals surface area (Å²) >= 11 is 6.21. The van der Waals surface area contributed by atoms with E-state index in [1.165, 1.54) is 38.8 Å². The summed E-state index contributed by atoms with van der Waals surface area (Å²) in [5.74, 6) is 0.944. The Balaban J connectivity index is 1.26. The average Bonchev–Trinajstić information content (AvgIpc) is 3.41. The number of anilines is 1. The molecule has 0 spiro atoms. The normalized spacial score (nSPS) is 14.2. The van der Waals surface area contributed by atoms with Crippen LogP contribution in [-0.2, 0) is 6.54 Å². The number of benzene rings is 4. The first kappa shape index (κ1) is 24.6. The van der Waals surface area contributed by atoms with Crippen molar-refractivity contribution < 1.29 is 4.74 Å². The maximum atomic E-state index is 6.21. The molecule has 1 saturated heterocycles. The summed E-state index contributed by atoms with van der Waals surface area (Å²) in [5.41, 5.74) is 7.36. The number of halogens is 1. The van der Waals surface area contributed by atoms with Crippen LogP contribution in [0.4, 0.5) is 5.69 Å². The lowest BCUT2D eigenvalue weighted by molar-refractivity contribution is 0.249. The van der Waals surface area contributed by atoms with Crippen LogP contribution in [0.2, 0.25) is 5.02 Å². The van der Waals surface area contributed by atoms with Gasteiger partial charge in [0.25, 0.3) is 0 Å². The highest BCUT2D eigenvalue weighted by molar-refractivity contribution is 6.30. The molecule has 0 radical (unpaired) electrons. The molecule has 0 aliphatic carbocycles. The number of hydrogen-bond donors (Lipinski definition) is 0. The Morgan fingerprint density at radius 3 is 2.37 bits per heavy atom. The molecule has 1 aromatic heterocycles. The number of hydrogen-bond acceptors (Lipinski definition) is 3. The second-order valence-electron chi connectivity index (χ2n) is 10.0. The third-order valence-electron chi connectivity index (χ3n) is 7.62. The largest absolute Gasteiger partial charge is 0.495 e. The van der Waals surface area contributed by atoms with Gasteiger partial charge >= 0.3 is 0 Å². The van der Waals surface area contributed by atoms with E-state index in [4.69, 9.17) is 16.3 Å². The number of aryl methyl sites for hydroxylation is 1. The molecule has 1 aliphatic heterocycles. The van der Waals surface area contributed by atoms with Gasteiger partial charge in [-0.3, -0.25) is 4.90 Å². The number of para-hydroxylation sites is 2. The molecule has 38 heavy (non-hydrogen) atoms. The van der Waals surface area contributed by atoms with Crippen molar-refractivity contribution in [2.45, 2.75) is 13.5 Å². The average molecular weight is 522 g/mol. The topological polar surface area (TPSA) is 20.6 Å². The zero-order valence-electron chi connectivity index (χ0n) is 21.9. The molecule has 2 heterocycles. The van der Waals surface area contributed by atoms with Gasteiger partial charge in [0.05, 0.1) is 18.5 Å². The molecule has 0 atom stereocenters. The van der Waals surface area contributed by atoms with E-state index in [0.29, 0.717) is 0 Å². The van der Waals surface area contributed by atoms with Crippen molar-refractivity contribution in [3.63, 3.8) is 0 Å². The second-order valence-corrected chi connectivity index (χ2v) is 10.4. The molecule has 5 heteroatoms. The maximum absolute atomic E-state index is 6.21. The number of ether oxygens (including phenoxy) is 1. The first-order chi connectivity index (χ1) is 18.6. The van der Waals surface area contributed by atoms with Crippen molar-refractivity contribution in [1.29, 1.82) is 0 Å². The zero-order chi connectivity index (χ0) is 26.1. The molecular weight excluding hydrogens is 490 g/mol. The highest BCUT2D eigenvalue weighted by Gasteiger charge is 2.20. The molecule has 0 amide bonds. The number of fused-ring (bicyclic) bond motifs is 1. The van der Waals surface area contributed by atoms with Crippen LogP contribution in [0.25, 0.3) is 27.6 Å². The van der Waals surface area contributed by atoms with E-state index >= 15 is 0 Å². The summed E-state index contributed by atoms with van der Waals surface area (Å²) in [6.45, 7) is 7.14. The van der Waals surface area contributed by atoms with E-state index in [1.54, 1.807) is 7.11 Å². The van der Waals surface area contributed by atoms with Crippen LogP contribution in [0.5, 0.6) is 5.75 Å². The van der Waals surface area contributed by atoms with Gasteiger partial charge < -0.3 is 14.2 Å². The number of methoxy groups -OCH3 is 1. The van der Waals surface area contributed by atoms with Crippen LogP contribution in [-0.4, -0.2) is 42.8 Å². The van der Waals surface area contributed by atoms with Gasteiger partial charge in [-0.25, -0.2) is 0 Å². The SMILES string of the molecule is COc1ccccc1N1CCN(Cc2ccn(-c3c(-c4ccc(Cl)cc4)ccc4c(C)cccc34)c2)CC1. The first-order valence-corrected chi connectivity index (χ1v) is 13.5. The Labute approximate surface area is 229 Å². The van der Waals surface area contributed by atoms with E-state index < -0.39 is 0 Å². The lowest BCUT2D eigenvalue weighted by Gasteiger charge is -2.36. The lowest BCUT2D eigenvalue weighted by atomic mass is 9.96. The Kier molecular flexibility index (Phi) is 6.84. The molecular formula is C33H32ClN3O. The van der Waals surface area contributed by atoms with Gasteiger partial charge in [-0.05, 0) is 59.3 Å². The van der Waals surface area contributed by atoms with Crippen LogP contribution in [0.15, 0.2) is 97.3 Å². The fourth-order valence-electron chi connectivity index (χ4n) is 5.61. The van der Waals surface area contributed by atoms with Crippen LogP contribution < -0.4 is 9.64 Å². The fourth-order valence-corrected chi connectivity index (χ4v) is 5.74. The molecule has 192 valence electrons. The predicted molar refractivity (Wildman–Crippen MR) is 159 cm³/mol. The fraction of sp³-hybridized carbons (Fsp3) is 0.212. The van der Waals surface area contributed by atoms with Gasteiger partial charge in [0.15, 0.2) is 0 Å². The number of nitrogens with zero attached hydrogens (tertiary/aromatic N) is 3. The van der Waals surface area contributed by atoms with Crippen LogP contribution in [0, 0.1) is 6.92 Å². The summed E-state index contributed by atoms with van der Waals surface area (Å²) in [4.78, 5) is 4.97. The Morgan fingerprint density at radius 1 is 0.789 bits per heavy atom. The van der Waals surface area contributed by atoms with Gasteiger partial charge in [0.2, 0.25) is 0 Å². The Morgan fingerprint density at radius 2 is 1.58 bits per heavy atom. The third kappa shape index (κ3) is 4.78. The highest BCUT2D eigenvalue weighted by Crippen LogP contribution is 2.36. The molecule has 5 aromatic rings. The van der Waals surface area contributed by atoms with E-state index in [9.17, 15) is 0 Å². The minimum atomic E-state index is 0.751. The van der Waals surface area contributed by atoms with Crippen LogP contribution >= 0.6 is 11.6 Å². The minimum Gasteiger partial charge on any atom is -0.495 e.